The number of hydrogen-bond acceptors (Lipinski definition) is 3. The van der Waals surface area contributed by atoms with Crippen LogP contribution in [0.15, 0.2) is 0 Å². The maximum Gasteiger partial charge on any atom is 0.241 e. The third-order valence-corrected chi connectivity index (χ3v) is 3.51. The van der Waals surface area contributed by atoms with E-state index >= 15 is 0 Å². The minimum atomic E-state index is 0.0688. The summed E-state index contributed by atoms with van der Waals surface area (Å²) in [4.78, 5) is 13.9. The first kappa shape index (κ1) is 12.8. The molecule has 0 spiro atoms. The van der Waals surface area contributed by atoms with Gasteiger partial charge in [-0.1, -0.05) is 13.3 Å². The number of rotatable bonds is 6. The maximum absolute atomic E-state index is 12.0. The lowest BCUT2D eigenvalue weighted by molar-refractivity contribution is -0.130. The average molecular weight is 230 g/mol. The van der Waals surface area contributed by atoms with Crippen molar-refractivity contribution < 1.29 is 4.79 Å². The van der Waals surface area contributed by atoms with Gasteiger partial charge in [0.1, 0.15) is 0 Å². The van der Waals surface area contributed by atoms with Gasteiger partial charge in [-0.3, -0.25) is 10.1 Å². The first-order valence-corrected chi connectivity index (χ1v) is 7.15. The van der Waals surface area contributed by atoms with Crippen LogP contribution in [0.3, 0.4) is 0 Å². The van der Waals surface area contributed by atoms with Gasteiger partial charge in [-0.15, -0.1) is 0 Å². The van der Waals surface area contributed by atoms with E-state index in [1.165, 1.54) is 0 Å². The Balaban J connectivity index is 2.40. The highest BCUT2D eigenvalue weighted by Gasteiger charge is 2.34. The third-order valence-electron chi connectivity index (χ3n) is 2.82. The lowest BCUT2D eigenvalue weighted by atomic mass is 10.2. The van der Waals surface area contributed by atoms with Crippen molar-refractivity contribution in [3.05, 3.63) is 0 Å². The van der Waals surface area contributed by atoms with Crippen LogP contribution in [0.5, 0.6) is 0 Å². The van der Waals surface area contributed by atoms with E-state index in [0.29, 0.717) is 5.91 Å². The molecular weight excluding hydrogens is 208 g/mol. The van der Waals surface area contributed by atoms with E-state index in [4.69, 9.17) is 0 Å². The van der Waals surface area contributed by atoms with Gasteiger partial charge in [0.2, 0.25) is 5.91 Å². The van der Waals surface area contributed by atoms with E-state index in [2.05, 4.69) is 25.4 Å². The van der Waals surface area contributed by atoms with E-state index in [1.54, 1.807) is 0 Å². The minimum Gasteiger partial charge on any atom is -0.326 e. The van der Waals surface area contributed by atoms with Crippen LogP contribution >= 0.6 is 11.8 Å². The Morgan fingerprint density at radius 1 is 1.53 bits per heavy atom. The molecule has 0 aromatic carbocycles. The van der Waals surface area contributed by atoms with Crippen molar-refractivity contribution in [3.63, 3.8) is 0 Å². The van der Waals surface area contributed by atoms with Gasteiger partial charge in [-0.2, -0.15) is 11.8 Å². The second kappa shape index (κ2) is 6.38. The summed E-state index contributed by atoms with van der Waals surface area (Å²) in [6, 6.07) is 0.0688. The summed E-state index contributed by atoms with van der Waals surface area (Å²) in [5, 5.41) is 3.35. The van der Waals surface area contributed by atoms with E-state index < -0.39 is 0 Å². The fourth-order valence-electron chi connectivity index (χ4n) is 2.02. The van der Waals surface area contributed by atoms with Crippen molar-refractivity contribution >= 4 is 17.7 Å². The fourth-order valence-corrected chi connectivity index (χ4v) is 2.44. The summed E-state index contributed by atoms with van der Waals surface area (Å²) in [6.07, 6.45) is 5.44. The van der Waals surface area contributed by atoms with Gasteiger partial charge in [-0.05, 0) is 31.8 Å². The molecule has 3 nitrogen and oxygen atoms in total. The molecule has 1 fully saturated rings. The third kappa shape index (κ3) is 3.38. The maximum atomic E-state index is 12.0. The molecule has 1 aliphatic heterocycles. The molecule has 1 aliphatic rings. The second-order valence-electron chi connectivity index (χ2n) is 4.06. The van der Waals surface area contributed by atoms with Crippen molar-refractivity contribution in [3.8, 4) is 0 Å². The lowest BCUT2D eigenvalue weighted by Crippen LogP contribution is -2.35. The van der Waals surface area contributed by atoms with Gasteiger partial charge in [0.05, 0.1) is 12.2 Å². The minimum absolute atomic E-state index is 0.0688. The van der Waals surface area contributed by atoms with Crippen LogP contribution in [0.4, 0.5) is 0 Å². The standard InChI is InChI=1S/C11H22N2OS/c1-4-6-10-11(14)13(9(2)12-10)7-5-8-15-3/h9-10,12H,4-8H2,1-3H3. The van der Waals surface area contributed by atoms with Gasteiger partial charge in [-0.25, -0.2) is 0 Å². The largest absolute Gasteiger partial charge is 0.326 e. The number of carbonyl (C=O) groups excluding carboxylic acids is 1. The molecule has 0 aliphatic carbocycles. The van der Waals surface area contributed by atoms with Crippen LogP contribution in [-0.2, 0) is 4.79 Å². The van der Waals surface area contributed by atoms with Crippen molar-refractivity contribution in [2.75, 3.05) is 18.6 Å². The lowest BCUT2D eigenvalue weighted by Gasteiger charge is -2.20. The molecule has 1 heterocycles. The quantitative estimate of drug-likeness (QED) is 0.705. The molecule has 0 radical (unpaired) electrons. The molecule has 2 atom stereocenters. The zero-order valence-electron chi connectivity index (χ0n) is 9.95. The van der Waals surface area contributed by atoms with Crippen molar-refractivity contribution in [1.29, 1.82) is 0 Å². The normalized spacial score (nSPS) is 26.3. The van der Waals surface area contributed by atoms with E-state index in [-0.39, 0.29) is 12.2 Å². The molecule has 1 saturated heterocycles. The van der Waals surface area contributed by atoms with E-state index in [9.17, 15) is 4.79 Å². The molecule has 1 rings (SSSR count). The number of carbonyl (C=O) groups is 1. The van der Waals surface area contributed by atoms with Gasteiger partial charge >= 0.3 is 0 Å². The first-order valence-electron chi connectivity index (χ1n) is 5.76. The Morgan fingerprint density at radius 2 is 2.27 bits per heavy atom. The van der Waals surface area contributed by atoms with Gasteiger partial charge < -0.3 is 4.90 Å². The van der Waals surface area contributed by atoms with Crippen LogP contribution in [-0.4, -0.2) is 41.6 Å². The molecular formula is C11H22N2OS. The Bertz CT molecular complexity index is 211. The second-order valence-corrected chi connectivity index (χ2v) is 5.05. The van der Waals surface area contributed by atoms with E-state index in [1.807, 2.05) is 16.7 Å². The van der Waals surface area contributed by atoms with Crippen LogP contribution in [0.2, 0.25) is 0 Å². The molecule has 0 bridgehead atoms. The summed E-state index contributed by atoms with van der Waals surface area (Å²) < 4.78 is 0. The topological polar surface area (TPSA) is 32.3 Å². The summed E-state index contributed by atoms with van der Waals surface area (Å²) >= 11 is 1.84. The number of nitrogens with one attached hydrogen (secondary N) is 1. The monoisotopic (exact) mass is 230 g/mol. The van der Waals surface area contributed by atoms with Gasteiger partial charge in [0, 0.05) is 6.54 Å². The number of nitrogens with zero attached hydrogens (tertiary/aromatic N) is 1. The molecule has 1 N–H and O–H groups in total. The number of amides is 1. The van der Waals surface area contributed by atoms with Crippen molar-refractivity contribution in [2.45, 2.75) is 45.3 Å². The van der Waals surface area contributed by atoms with Gasteiger partial charge in [0.25, 0.3) is 0 Å². The van der Waals surface area contributed by atoms with Crippen LogP contribution in [0, 0.1) is 0 Å². The average Bonchev–Trinajstić information content (AvgIpc) is 2.46. The molecule has 0 aromatic rings. The molecule has 1 amide bonds. The highest BCUT2D eigenvalue weighted by molar-refractivity contribution is 7.98. The predicted octanol–water partition coefficient (Wildman–Crippen LogP) is 1.69. The Labute approximate surface area is 97.0 Å². The Hall–Kier alpha value is -0.220. The molecule has 0 saturated carbocycles. The van der Waals surface area contributed by atoms with Crippen molar-refractivity contribution in [1.82, 2.24) is 10.2 Å². The number of thioether (sulfide) groups is 1. The number of hydrogen-bond donors (Lipinski definition) is 1. The highest BCUT2D eigenvalue weighted by atomic mass is 32.2. The zero-order chi connectivity index (χ0) is 11.3. The SMILES string of the molecule is CCCC1NC(C)N(CCCSC)C1=O. The van der Waals surface area contributed by atoms with Crippen LogP contribution in [0.1, 0.15) is 33.1 Å². The Kier molecular flexibility index (Phi) is 5.47. The predicted molar refractivity (Wildman–Crippen MR) is 66.0 cm³/mol. The first-order chi connectivity index (χ1) is 7.20. The van der Waals surface area contributed by atoms with E-state index in [0.717, 1.165) is 31.6 Å². The van der Waals surface area contributed by atoms with Crippen molar-refractivity contribution in [2.24, 2.45) is 0 Å². The van der Waals surface area contributed by atoms with Crippen LogP contribution in [0.25, 0.3) is 0 Å². The summed E-state index contributed by atoms with van der Waals surface area (Å²) in [7, 11) is 0. The van der Waals surface area contributed by atoms with Crippen LogP contribution < -0.4 is 5.32 Å². The molecule has 4 heteroatoms. The Morgan fingerprint density at radius 3 is 2.87 bits per heavy atom. The molecule has 88 valence electrons. The zero-order valence-corrected chi connectivity index (χ0v) is 10.8. The summed E-state index contributed by atoms with van der Waals surface area (Å²) in [5.74, 6) is 1.43. The molecule has 0 aromatic heterocycles. The molecule has 2 unspecified atom stereocenters. The molecule has 15 heavy (non-hydrogen) atoms. The summed E-state index contributed by atoms with van der Waals surface area (Å²) in [6.45, 7) is 5.09. The summed E-state index contributed by atoms with van der Waals surface area (Å²) in [5.41, 5.74) is 0. The smallest absolute Gasteiger partial charge is 0.241 e. The highest BCUT2D eigenvalue weighted by Crippen LogP contribution is 2.15. The van der Waals surface area contributed by atoms with Gasteiger partial charge in [0.15, 0.2) is 0 Å². The fraction of sp³-hybridized carbons (Fsp3) is 0.909.